The predicted octanol–water partition coefficient (Wildman–Crippen LogP) is 2.94. The van der Waals surface area contributed by atoms with Gasteiger partial charge >= 0.3 is 0 Å². The second-order valence-electron chi connectivity index (χ2n) is 7.41. The highest BCUT2D eigenvalue weighted by molar-refractivity contribution is 5.82. The Morgan fingerprint density at radius 3 is 2.66 bits per heavy atom. The van der Waals surface area contributed by atoms with Gasteiger partial charge in [0.05, 0.1) is 23.1 Å². The van der Waals surface area contributed by atoms with E-state index in [-0.39, 0.29) is 12.2 Å². The van der Waals surface area contributed by atoms with E-state index < -0.39 is 0 Å². The van der Waals surface area contributed by atoms with Crippen LogP contribution >= 0.6 is 0 Å². The third kappa shape index (κ3) is 3.69. The Kier molecular flexibility index (Phi) is 5.47. The number of para-hydroxylation sites is 1. The van der Waals surface area contributed by atoms with Gasteiger partial charge in [0.1, 0.15) is 5.82 Å². The van der Waals surface area contributed by atoms with Crippen molar-refractivity contribution in [2.24, 2.45) is 5.73 Å². The summed E-state index contributed by atoms with van der Waals surface area (Å²) in [6, 6.07) is 15.7. The number of unbranched alkanes of at least 4 members (excludes halogenated alkanes) is 1. The van der Waals surface area contributed by atoms with Gasteiger partial charge in [-0.05, 0) is 49.1 Å². The van der Waals surface area contributed by atoms with Crippen molar-refractivity contribution in [3.8, 4) is 0 Å². The van der Waals surface area contributed by atoms with Gasteiger partial charge in [0.2, 0.25) is 0 Å². The Labute approximate surface area is 169 Å². The molecule has 2 aromatic carbocycles. The van der Waals surface area contributed by atoms with Gasteiger partial charge < -0.3 is 20.0 Å². The van der Waals surface area contributed by atoms with Crippen LogP contribution in [0.25, 0.3) is 21.9 Å². The zero-order chi connectivity index (χ0) is 20.4. The maximum absolute atomic E-state index is 12.8. The fourth-order valence-electron chi connectivity index (χ4n) is 3.91. The van der Waals surface area contributed by atoms with Crippen LogP contribution < -0.4 is 11.3 Å². The van der Waals surface area contributed by atoms with Gasteiger partial charge in [-0.15, -0.1) is 0 Å². The number of hydrogen-bond acceptors (Lipinski definition) is 4. The van der Waals surface area contributed by atoms with Crippen LogP contribution in [-0.2, 0) is 19.6 Å². The topological polar surface area (TPSA) is 86.1 Å². The van der Waals surface area contributed by atoms with E-state index in [1.165, 1.54) is 0 Å². The molecule has 0 radical (unpaired) electrons. The molecule has 0 aliphatic carbocycles. The van der Waals surface area contributed by atoms with Crippen molar-refractivity contribution in [2.45, 2.75) is 39.4 Å². The Balaban J connectivity index is 1.84. The van der Waals surface area contributed by atoms with Gasteiger partial charge in [0.25, 0.3) is 5.56 Å². The molecule has 0 aliphatic heterocycles. The molecule has 6 nitrogen and oxygen atoms in total. The molecule has 29 heavy (non-hydrogen) atoms. The van der Waals surface area contributed by atoms with Crippen LogP contribution in [0.1, 0.15) is 29.8 Å². The third-order valence-corrected chi connectivity index (χ3v) is 5.44. The maximum Gasteiger partial charge on any atom is 0.251 e. The molecular formula is C23H26N4O2. The van der Waals surface area contributed by atoms with E-state index in [1.807, 2.05) is 49.4 Å². The fourth-order valence-corrected chi connectivity index (χ4v) is 3.91. The number of fused-ring (bicyclic) bond motifs is 2. The molecule has 0 fully saturated rings. The van der Waals surface area contributed by atoms with E-state index >= 15 is 0 Å². The van der Waals surface area contributed by atoms with Crippen LogP contribution in [0.4, 0.5) is 0 Å². The Morgan fingerprint density at radius 1 is 1.03 bits per heavy atom. The summed E-state index contributed by atoms with van der Waals surface area (Å²) in [6.45, 7) is 3.73. The minimum Gasteiger partial charge on any atom is -0.396 e. The van der Waals surface area contributed by atoms with E-state index in [2.05, 4.69) is 4.57 Å². The molecule has 0 amide bonds. The van der Waals surface area contributed by atoms with Crippen LogP contribution in [0.15, 0.2) is 53.3 Å². The maximum atomic E-state index is 12.8. The average Bonchev–Trinajstić information content (AvgIpc) is 3.07. The van der Waals surface area contributed by atoms with Crippen molar-refractivity contribution in [3.05, 3.63) is 75.8 Å². The first kappa shape index (κ1) is 19.4. The number of benzene rings is 2. The fraction of sp³-hybridized carbons (Fsp3) is 0.304. The first-order chi connectivity index (χ1) is 14.1. The molecule has 2 aromatic heterocycles. The number of pyridine rings is 1. The van der Waals surface area contributed by atoms with Gasteiger partial charge in [-0.1, -0.05) is 24.3 Å². The molecule has 0 unspecified atom stereocenters. The van der Waals surface area contributed by atoms with E-state index in [4.69, 9.17) is 10.7 Å². The molecule has 4 rings (SSSR count). The number of aliphatic hydroxyl groups excluding tert-OH is 1. The number of aliphatic hydroxyl groups is 1. The molecule has 2 heterocycles. The normalized spacial score (nSPS) is 11.6. The minimum absolute atomic E-state index is 0.0298. The highest BCUT2D eigenvalue weighted by Crippen LogP contribution is 2.21. The zero-order valence-corrected chi connectivity index (χ0v) is 16.6. The second kappa shape index (κ2) is 8.19. The van der Waals surface area contributed by atoms with Crippen molar-refractivity contribution in [2.75, 3.05) is 6.61 Å². The standard InChI is InChI=1S/C23H26N4O2/c1-16-12-23(29)27(20-7-3-2-6-18(16)20)15-22-25-19-13-17(14-24)8-9-21(19)26(22)10-4-5-11-28/h2-3,6-9,12-13,28H,4-5,10-11,14-15,24H2,1H3. The summed E-state index contributed by atoms with van der Waals surface area (Å²) in [5.74, 6) is 0.836. The lowest BCUT2D eigenvalue weighted by Gasteiger charge is -2.14. The SMILES string of the molecule is Cc1cc(=O)n(Cc2nc3cc(CN)ccc3n2CCCCO)c2ccccc12. The smallest absolute Gasteiger partial charge is 0.251 e. The summed E-state index contributed by atoms with van der Waals surface area (Å²) in [5.41, 5.74) is 10.6. The first-order valence-corrected chi connectivity index (χ1v) is 10.0. The molecule has 4 aromatic rings. The third-order valence-electron chi connectivity index (χ3n) is 5.44. The molecule has 0 saturated heterocycles. The number of rotatable bonds is 7. The lowest BCUT2D eigenvalue weighted by Crippen LogP contribution is -2.23. The number of aryl methyl sites for hydroxylation is 2. The van der Waals surface area contributed by atoms with E-state index in [0.29, 0.717) is 13.1 Å². The molecular weight excluding hydrogens is 364 g/mol. The Morgan fingerprint density at radius 2 is 1.86 bits per heavy atom. The highest BCUT2D eigenvalue weighted by atomic mass is 16.2. The molecule has 0 aliphatic rings. The number of nitrogens with zero attached hydrogens (tertiary/aromatic N) is 3. The molecule has 6 heteroatoms. The van der Waals surface area contributed by atoms with Crippen molar-refractivity contribution in [1.29, 1.82) is 0 Å². The second-order valence-corrected chi connectivity index (χ2v) is 7.41. The van der Waals surface area contributed by atoms with Crippen LogP contribution in [0.2, 0.25) is 0 Å². The first-order valence-electron chi connectivity index (χ1n) is 10.0. The van der Waals surface area contributed by atoms with Crippen LogP contribution in [0, 0.1) is 6.92 Å². The quantitative estimate of drug-likeness (QED) is 0.475. The Bertz CT molecular complexity index is 1220. The van der Waals surface area contributed by atoms with Crippen LogP contribution in [-0.4, -0.2) is 25.8 Å². The lowest BCUT2D eigenvalue weighted by atomic mass is 10.1. The highest BCUT2D eigenvalue weighted by Gasteiger charge is 2.14. The minimum atomic E-state index is -0.0298. The summed E-state index contributed by atoms with van der Waals surface area (Å²) < 4.78 is 3.95. The summed E-state index contributed by atoms with van der Waals surface area (Å²) in [6.07, 6.45) is 1.57. The van der Waals surface area contributed by atoms with Crippen LogP contribution in [0.5, 0.6) is 0 Å². The van der Waals surface area contributed by atoms with E-state index in [0.717, 1.165) is 58.3 Å². The van der Waals surface area contributed by atoms with Crippen molar-refractivity contribution < 1.29 is 5.11 Å². The molecule has 0 atom stereocenters. The van der Waals surface area contributed by atoms with Crippen molar-refractivity contribution in [3.63, 3.8) is 0 Å². The summed E-state index contributed by atoms with van der Waals surface area (Å²) >= 11 is 0. The average molecular weight is 390 g/mol. The molecule has 0 saturated carbocycles. The van der Waals surface area contributed by atoms with E-state index in [9.17, 15) is 9.90 Å². The van der Waals surface area contributed by atoms with E-state index in [1.54, 1.807) is 10.6 Å². The van der Waals surface area contributed by atoms with Crippen LogP contribution in [0.3, 0.4) is 0 Å². The number of nitrogens with two attached hydrogens (primary N) is 1. The largest absolute Gasteiger partial charge is 0.396 e. The zero-order valence-electron chi connectivity index (χ0n) is 16.6. The van der Waals surface area contributed by atoms with Gasteiger partial charge in [-0.25, -0.2) is 4.98 Å². The predicted molar refractivity (Wildman–Crippen MR) is 116 cm³/mol. The molecule has 0 spiro atoms. The monoisotopic (exact) mass is 390 g/mol. The number of hydrogen-bond donors (Lipinski definition) is 2. The van der Waals surface area contributed by atoms with Gasteiger partial charge in [-0.3, -0.25) is 4.79 Å². The molecule has 0 bridgehead atoms. The summed E-state index contributed by atoms with van der Waals surface area (Å²) in [4.78, 5) is 17.7. The summed E-state index contributed by atoms with van der Waals surface area (Å²) in [7, 11) is 0. The Hall–Kier alpha value is -2.96. The van der Waals surface area contributed by atoms with Crippen molar-refractivity contribution >= 4 is 21.9 Å². The molecule has 150 valence electrons. The molecule has 3 N–H and O–H groups in total. The summed E-state index contributed by atoms with van der Waals surface area (Å²) in [5, 5.41) is 10.2. The van der Waals surface area contributed by atoms with Gasteiger partial charge in [0.15, 0.2) is 0 Å². The van der Waals surface area contributed by atoms with Gasteiger partial charge in [-0.2, -0.15) is 0 Å². The number of imidazole rings is 1. The van der Waals surface area contributed by atoms with Crippen molar-refractivity contribution in [1.82, 2.24) is 14.1 Å². The lowest BCUT2D eigenvalue weighted by molar-refractivity contribution is 0.281. The number of aromatic nitrogens is 3. The van der Waals surface area contributed by atoms with Gasteiger partial charge in [0, 0.05) is 31.1 Å².